The number of pyridine rings is 1. The highest BCUT2D eigenvalue weighted by Gasteiger charge is 2.24. The van der Waals surface area contributed by atoms with Gasteiger partial charge in [0.2, 0.25) is 0 Å². The van der Waals surface area contributed by atoms with E-state index in [-0.39, 0.29) is 0 Å². The van der Waals surface area contributed by atoms with Gasteiger partial charge in [0.15, 0.2) is 0 Å². The molecule has 5 nitrogen and oxygen atoms in total. The number of ether oxygens (including phenoxy) is 1. The zero-order valence-electron chi connectivity index (χ0n) is 15.1. The first kappa shape index (κ1) is 17.6. The van der Waals surface area contributed by atoms with Crippen molar-refractivity contribution < 1.29 is 9.53 Å². The predicted molar refractivity (Wildman–Crippen MR) is 116 cm³/mol. The number of nitrogen functional groups attached to an aromatic ring is 1. The van der Waals surface area contributed by atoms with Gasteiger partial charge in [-0.25, -0.2) is 0 Å². The van der Waals surface area contributed by atoms with Crippen LogP contribution in [-0.4, -0.2) is 24.1 Å². The number of aromatic nitrogens is 1. The Morgan fingerprint density at radius 1 is 1.11 bits per heavy atom. The summed E-state index contributed by atoms with van der Waals surface area (Å²) in [6.45, 7) is 1.50. The van der Waals surface area contributed by atoms with Gasteiger partial charge in [0.05, 0.1) is 16.3 Å². The zero-order chi connectivity index (χ0) is 19.3. The van der Waals surface area contributed by atoms with Crippen LogP contribution in [-0.2, 0) is 4.74 Å². The molecule has 0 spiro atoms. The molecule has 5 rings (SSSR count). The van der Waals surface area contributed by atoms with Crippen LogP contribution in [0, 0.1) is 0 Å². The second-order valence-corrected chi connectivity index (χ2v) is 9.15. The maximum Gasteiger partial charge on any atom is 0.260 e. The average molecular weight is 410 g/mol. The van der Waals surface area contributed by atoms with Crippen molar-refractivity contribution in [1.29, 1.82) is 0 Å². The van der Waals surface area contributed by atoms with Gasteiger partial charge in [-0.1, -0.05) is 18.2 Å². The highest BCUT2D eigenvalue weighted by atomic mass is 32.1. The van der Waals surface area contributed by atoms with Crippen molar-refractivity contribution in [2.24, 2.45) is 5.73 Å². The Morgan fingerprint density at radius 3 is 2.64 bits per heavy atom. The molecule has 1 fully saturated rings. The molecule has 7 heteroatoms. The number of thiophene rings is 2. The summed E-state index contributed by atoms with van der Waals surface area (Å²) in [6.07, 6.45) is 1.90. The third-order valence-electron chi connectivity index (χ3n) is 5.25. The van der Waals surface area contributed by atoms with Crippen LogP contribution in [0.25, 0.3) is 30.7 Å². The van der Waals surface area contributed by atoms with Gasteiger partial charge >= 0.3 is 0 Å². The minimum Gasteiger partial charge on any atom is -0.397 e. The molecule has 1 saturated heterocycles. The lowest BCUT2D eigenvalue weighted by Gasteiger charge is -2.22. The van der Waals surface area contributed by atoms with E-state index in [9.17, 15) is 4.79 Å². The van der Waals surface area contributed by atoms with Crippen molar-refractivity contribution in [1.82, 2.24) is 4.98 Å². The van der Waals surface area contributed by atoms with E-state index in [2.05, 4.69) is 24.3 Å². The zero-order valence-corrected chi connectivity index (χ0v) is 16.7. The second-order valence-electron chi connectivity index (χ2n) is 7.01. The standard InChI is InChI=1S/C21H19N3O2S2/c22-18-17-15(28-20(18)21(23)25)10-13(11-5-7-26-8-6-11)24-19(17)16-9-12-3-1-2-4-14(12)27-16/h1-4,9-11H,5-8,22H2,(H2,23,25). The first-order valence-electron chi connectivity index (χ1n) is 9.21. The fourth-order valence-corrected chi connectivity index (χ4v) is 5.90. The van der Waals surface area contributed by atoms with Crippen molar-refractivity contribution in [3.63, 3.8) is 0 Å². The molecule has 0 radical (unpaired) electrons. The van der Waals surface area contributed by atoms with Crippen molar-refractivity contribution >= 4 is 54.4 Å². The lowest BCUT2D eigenvalue weighted by atomic mass is 9.95. The third kappa shape index (κ3) is 2.87. The highest BCUT2D eigenvalue weighted by Crippen LogP contribution is 2.44. The SMILES string of the molecule is NC(=O)c1sc2cc(C3CCOCC3)nc(-c3cc4ccccc4s3)c2c1N. The van der Waals surface area contributed by atoms with Gasteiger partial charge in [0.25, 0.3) is 5.91 Å². The minimum atomic E-state index is -0.492. The summed E-state index contributed by atoms with van der Waals surface area (Å²) in [6, 6.07) is 12.5. The third-order valence-corrected chi connectivity index (χ3v) is 7.54. The largest absolute Gasteiger partial charge is 0.397 e. The Kier molecular flexibility index (Phi) is 4.30. The summed E-state index contributed by atoms with van der Waals surface area (Å²) >= 11 is 3.05. The van der Waals surface area contributed by atoms with Crippen LogP contribution in [0.3, 0.4) is 0 Å². The summed E-state index contributed by atoms with van der Waals surface area (Å²) in [4.78, 5) is 18.4. The van der Waals surface area contributed by atoms with E-state index in [1.165, 1.54) is 21.4 Å². The van der Waals surface area contributed by atoms with Gasteiger partial charge in [-0.05, 0) is 36.4 Å². The van der Waals surface area contributed by atoms with Crippen LogP contribution in [0.5, 0.6) is 0 Å². The molecule has 0 bridgehead atoms. The van der Waals surface area contributed by atoms with Gasteiger partial charge in [0, 0.05) is 39.6 Å². The van der Waals surface area contributed by atoms with Crippen LogP contribution in [0.15, 0.2) is 36.4 Å². The summed E-state index contributed by atoms with van der Waals surface area (Å²) in [5, 5.41) is 2.01. The van der Waals surface area contributed by atoms with Crippen molar-refractivity contribution in [2.75, 3.05) is 18.9 Å². The smallest absolute Gasteiger partial charge is 0.260 e. The number of hydrogen-bond donors (Lipinski definition) is 2. The van der Waals surface area contributed by atoms with Gasteiger partial charge in [-0.15, -0.1) is 22.7 Å². The molecule has 0 unspecified atom stereocenters. The number of primary amides is 1. The molecule has 4 aromatic rings. The highest BCUT2D eigenvalue weighted by molar-refractivity contribution is 7.23. The molecule has 0 saturated carbocycles. The Hall–Kier alpha value is -2.48. The van der Waals surface area contributed by atoms with Crippen LogP contribution in [0.4, 0.5) is 5.69 Å². The molecule has 4 heterocycles. The molecular formula is C21H19N3O2S2. The molecule has 28 heavy (non-hydrogen) atoms. The van der Waals surface area contributed by atoms with Crippen LogP contribution >= 0.6 is 22.7 Å². The van der Waals surface area contributed by atoms with Crippen LogP contribution < -0.4 is 11.5 Å². The molecular weight excluding hydrogens is 390 g/mol. The Labute approximate surface area is 169 Å². The number of amides is 1. The number of carbonyl (C=O) groups excluding carboxylic acids is 1. The van der Waals surface area contributed by atoms with E-state index in [0.717, 1.165) is 52.4 Å². The van der Waals surface area contributed by atoms with Crippen molar-refractivity contribution in [3.8, 4) is 10.6 Å². The molecule has 4 N–H and O–H groups in total. The van der Waals surface area contributed by atoms with Gasteiger partial charge in [-0.3, -0.25) is 9.78 Å². The lowest BCUT2D eigenvalue weighted by Crippen LogP contribution is -2.15. The van der Waals surface area contributed by atoms with Crippen LogP contribution in [0.1, 0.15) is 34.1 Å². The molecule has 1 aromatic carbocycles. The second kappa shape index (κ2) is 6.84. The molecule has 3 aromatic heterocycles. The first-order valence-corrected chi connectivity index (χ1v) is 10.8. The van der Waals surface area contributed by atoms with E-state index >= 15 is 0 Å². The monoisotopic (exact) mass is 409 g/mol. The lowest BCUT2D eigenvalue weighted by molar-refractivity contribution is 0.0845. The number of fused-ring (bicyclic) bond motifs is 2. The number of benzene rings is 1. The van der Waals surface area contributed by atoms with E-state index in [4.69, 9.17) is 21.2 Å². The quantitative estimate of drug-likeness (QED) is 0.511. The van der Waals surface area contributed by atoms with Crippen molar-refractivity contribution in [3.05, 3.63) is 47.0 Å². The minimum absolute atomic E-state index is 0.353. The summed E-state index contributed by atoms with van der Waals surface area (Å²) in [5.74, 6) is -0.139. The topological polar surface area (TPSA) is 91.2 Å². The average Bonchev–Trinajstić information content (AvgIpc) is 3.29. The Morgan fingerprint density at radius 2 is 1.89 bits per heavy atom. The summed E-state index contributed by atoms with van der Waals surface area (Å²) in [5.41, 5.74) is 14.2. The number of hydrogen-bond acceptors (Lipinski definition) is 6. The summed E-state index contributed by atoms with van der Waals surface area (Å²) < 4.78 is 7.68. The van der Waals surface area contributed by atoms with Gasteiger partial charge in [-0.2, -0.15) is 0 Å². The van der Waals surface area contributed by atoms with Gasteiger partial charge < -0.3 is 16.2 Å². The Bertz CT molecular complexity index is 1170. The van der Waals surface area contributed by atoms with E-state index in [1.807, 2.05) is 12.1 Å². The van der Waals surface area contributed by atoms with Crippen molar-refractivity contribution in [2.45, 2.75) is 18.8 Å². The number of carbonyl (C=O) groups is 1. The maximum absolute atomic E-state index is 11.9. The normalized spacial score (nSPS) is 15.4. The fourth-order valence-electron chi connectivity index (χ4n) is 3.82. The molecule has 142 valence electrons. The van der Waals surface area contributed by atoms with E-state index in [1.54, 1.807) is 11.3 Å². The first-order chi connectivity index (χ1) is 13.6. The Balaban J connectivity index is 1.77. The molecule has 0 aliphatic carbocycles. The maximum atomic E-state index is 11.9. The van der Waals surface area contributed by atoms with E-state index < -0.39 is 5.91 Å². The number of nitrogens with zero attached hydrogens (tertiary/aromatic N) is 1. The molecule has 0 atom stereocenters. The predicted octanol–water partition coefficient (Wildman–Crippen LogP) is 4.75. The number of rotatable bonds is 3. The molecule has 1 aliphatic heterocycles. The fraction of sp³-hybridized carbons (Fsp3) is 0.238. The van der Waals surface area contributed by atoms with E-state index in [0.29, 0.717) is 16.5 Å². The van der Waals surface area contributed by atoms with Crippen LogP contribution in [0.2, 0.25) is 0 Å². The molecule has 1 aliphatic rings. The summed E-state index contributed by atoms with van der Waals surface area (Å²) in [7, 11) is 0. The number of anilines is 1. The van der Waals surface area contributed by atoms with Gasteiger partial charge in [0.1, 0.15) is 4.88 Å². The number of nitrogens with two attached hydrogens (primary N) is 2. The molecule has 1 amide bonds.